The Morgan fingerprint density at radius 2 is 2.26 bits per heavy atom. The molecule has 0 spiro atoms. The summed E-state index contributed by atoms with van der Waals surface area (Å²) in [5, 5.41) is 7.68. The zero-order chi connectivity index (χ0) is 13.2. The molecule has 96 valence electrons. The summed E-state index contributed by atoms with van der Waals surface area (Å²) >= 11 is 5.12. The molecule has 5 heteroatoms. The molecule has 0 amide bonds. The average molecular weight is 334 g/mol. The summed E-state index contributed by atoms with van der Waals surface area (Å²) in [4.78, 5) is 8.92. The second-order valence-corrected chi connectivity index (χ2v) is 6.13. The maximum absolute atomic E-state index is 4.47. The first-order chi connectivity index (χ1) is 9.22. The van der Waals surface area contributed by atoms with Gasteiger partial charge in [0.2, 0.25) is 0 Å². The van der Waals surface area contributed by atoms with Crippen molar-refractivity contribution in [3.63, 3.8) is 0 Å². The summed E-state index contributed by atoms with van der Waals surface area (Å²) in [6.07, 6.45) is 1.82. The van der Waals surface area contributed by atoms with E-state index in [-0.39, 0.29) is 0 Å². The summed E-state index contributed by atoms with van der Waals surface area (Å²) in [5.74, 6) is 0. The average Bonchev–Trinajstić information content (AvgIpc) is 2.81. The fourth-order valence-corrected chi connectivity index (χ4v) is 2.99. The van der Waals surface area contributed by atoms with Gasteiger partial charge >= 0.3 is 0 Å². The Bertz CT molecular complexity index is 724. The number of hydrogen-bond donors (Lipinski definition) is 1. The van der Waals surface area contributed by atoms with E-state index in [1.165, 1.54) is 0 Å². The highest BCUT2D eigenvalue weighted by Crippen LogP contribution is 2.24. The molecule has 2 aromatic heterocycles. The highest BCUT2D eigenvalue weighted by Gasteiger charge is 2.04. The standard InChI is InChI=1S/C14H12BrN3S/c1-9-8-19-13(18-9)7-16-12-4-2-3-10-5-11(15)6-17-14(10)12/h2-6,8,16H,7H2,1H3. The van der Waals surface area contributed by atoms with Crippen LogP contribution < -0.4 is 5.32 Å². The molecule has 0 aliphatic rings. The van der Waals surface area contributed by atoms with Crippen molar-refractivity contribution in [2.24, 2.45) is 0 Å². The van der Waals surface area contributed by atoms with Crippen LogP contribution in [0.5, 0.6) is 0 Å². The van der Waals surface area contributed by atoms with E-state index in [9.17, 15) is 0 Å². The number of aromatic nitrogens is 2. The number of rotatable bonds is 3. The molecule has 0 bridgehead atoms. The fraction of sp³-hybridized carbons (Fsp3) is 0.143. The molecule has 0 saturated heterocycles. The third kappa shape index (κ3) is 2.77. The van der Waals surface area contributed by atoms with Crippen molar-refractivity contribution < 1.29 is 0 Å². The molecule has 3 aromatic rings. The van der Waals surface area contributed by atoms with E-state index in [1.54, 1.807) is 11.3 Å². The van der Waals surface area contributed by atoms with Crippen LogP contribution in [0.15, 0.2) is 40.3 Å². The van der Waals surface area contributed by atoms with Gasteiger partial charge in [-0.25, -0.2) is 4.98 Å². The van der Waals surface area contributed by atoms with E-state index in [4.69, 9.17) is 0 Å². The predicted octanol–water partition coefficient (Wildman–Crippen LogP) is 4.37. The topological polar surface area (TPSA) is 37.8 Å². The number of benzene rings is 1. The van der Waals surface area contributed by atoms with Crippen molar-refractivity contribution in [3.8, 4) is 0 Å². The van der Waals surface area contributed by atoms with Crippen LogP contribution >= 0.6 is 27.3 Å². The number of nitrogens with zero attached hydrogens (tertiary/aromatic N) is 2. The lowest BCUT2D eigenvalue weighted by Gasteiger charge is -2.07. The van der Waals surface area contributed by atoms with Gasteiger partial charge in [-0.3, -0.25) is 4.98 Å². The minimum atomic E-state index is 0.732. The van der Waals surface area contributed by atoms with Gasteiger partial charge in [0.1, 0.15) is 5.01 Å². The van der Waals surface area contributed by atoms with Gasteiger partial charge in [-0.05, 0) is 35.0 Å². The van der Waals surface area contributed by atoms with Gasteiger partial charge in [-0.2, -0.15) is 0 Å². The molecule has 1 aromatic carbocycles. The predicted molar refractivity (Wildman–Crippen MR) is 83.6 cm³/mol. The largest absolute Gasteiger partial charge is 0.377 e. The minimum Gasteiger partial charge on any atom is -0.377 e. The summed E-state index contributed by atoms with van der Waals surface area (Å²) in [6, 6.07) is 8.21. The molecule has 19 heavy (non-hydrogen) atoms. The van der Waals surface area contributed by atoms with Gasteiger partial charge in [0.15, 0.2) is 0 Å². The van der Waals surface area contributed by atoms with Crippen LogP contribution in [0.2, 0.25) is 0 Å². The number of anilines is 1. The minimum absolute atomic E-state index is 0.732. The fourth-order valence-electron chi connectivity index (χ4n) is 1.93. The van der Waals surface area contributed by atoms with Gasteiger partial charge in [-0.15, -0.1) is 11.3 Å². The van der Waals surface area contributed by atoms with E-state index in [0.29, 0.717) is 0 Å². The lowest BCUT2D eigenvalue weighted by molar-refractivity contribution is 1.08. The first kappa shape index (κ1) is 12.6. The van der Waals surface area contributed by atoms with Crippen molar-refractivity contribution in [1.82, 2.24) is 9.97 Å². The SMILES string of the molecule is Cc1csc(CNc2cccc3cc(Br)cnc23)n1. The Hall–Kier alpha value is -1.46. The van der Waals surface area contributed by atoms with Gasteiger partial charge in [0.25, 0.3) is 0 Å². The van der Waals surface area contributed by atoms with Crippen molar-refractivity contribution in [2.45, 2.75) is 13.5 Å². The third-order valence-electron chi connectivity index (χ3n) is 2.77. The molecule has 0 radical (unpaired) electrons. The van der Waals surface area contributed by atoms with Gasteiger partial charge in [0.05, 0.1) is 17.7 Å². The van der Waals surface area contributed by atoms with E-state index in [1.807, 2.05) is 25.3 Å². The highest BCUT2D eigenvalue weighted by atomic mass is 79.9. The molecule has 0 unspecified atom stereocenters. The van der Waals surface area contributed by atoms with Crippen LogP contribution in [0.3, 0.4) is 0 Å². The van der Waals surface area contributed by atoms with Crippen molar-refractivity contribution in [1.29, 1.82) is 0 Å². The third-order valence-corrected chi connectivity index (χ3v) is 4.17. The van der Waals surface area contributed by atoms with E-state index < -0.39 is 0 Å². The van der Waals surface area contributed by atoms with Crippen LogP contribution in [0.4, 0.5) is 5.69 Å². The number of fused-ring (bicyclic) bond motifs is 1. The summed E-state index contributed by atoms with van der Waals surface area (Å²) in [5.41, 5.74) is 3.10. The van der Waals surface area contributed by atoms with Crippen molar-refractivity contribution in [2.75, 3.05) is 5.32 Å². The highest BCUT2D eigenvalue weighted by molar-refractivity contribution is 9.10. The number of hydrogen-bond acceptors (Lipinski definition) is 4. The van der Waals surface area contributed by atoms with E-state index in [2.05, 4.69) is 48.7 Å². The Morgan fingerprint density at radius 3 is 3.05 bits per heavy atom. The molecule has 3 rings (SSSR count). The van der Waals surface area contributed by atoms with Crippen LogP contribution in [-0.2, 0) is 6.54 Å². The Balaban J connectivity index is 1.88. The summed E-state index contributed by atoms with van der Waals surface area (Å²) in [7, 11) is 0. The maximum atomic E-state index is 4.47. The Morgan fingerprint density at radius 1 is 1.37 bits per heavy atom. The summed E-state index contributed by atoms with van der Waals surface area (Å²) in [6.45, 7) is 2.74. The number of nitrogens with one attached hydrogen (secondary N) is 1. The van der Waals surface area contributed by atoms with E-state index in [0.717, 1.165) is 38.3 Å². The zero-order valence-corrected chi connectivity index (χ0v) is 12.8. The normalized spacial score (nSPS) is 10.8. The molecule has 3 nitrogen and oxygen atoms in total. The molecule has 0 aliphatic heterocycles. The van der Waals surface area contributed by atoms with Crippen LogP contribution in [0.1, 0.15) is 10.7 Å². The molecule has 0 atom stereocenters. The number of aryl methyl sites for hydroxylation is 1. The Kier molecular flexibility index (Phi) is 3.48. The second-order valence-electron chi connectivity index (χ2n) is 4.27. The lowest BCUT2D eigenvalue weighted by atomic mass is 10.2. The summed E-state index contributed by atoms with van der Waals surface area (Å²) < 4.78 is 0.993. The maximum Gasteiger partial charge on any atom is 0.112 e. The lowest BCUT2D eigenvalue weighted by Crippen LogP contribution is -2.00. The number of thiazole rings is 1. The van der Waals surface area contributed by atoms with Crippen LogP contribution in [0, 0.1) is 6.92 Å². The molecule has 0 saturated carbocycles. The number of para-hydroxylation sites is 1. The molecule has 2 heterocycles. The van der Waals surface area contributed by atoms with Crippen molar-refractivity contribution >= 4 is 43.9 Å². The first-order valence-corrected chi connectivity index (χ1v) is 7.59. The monoisotopic (exact) mass is 333 g/mol. The molecule has 1 N–H and O–H groups in total. The first-order valence-electron chi connectivity index (χ1n) is 5.91. The zero-order valence-electron chi connectivity index (χ0n) is 10.4. The Labute approximate surface area is 123 Å². The molecule has 0 aliphatic carbocycles. The second kappa shape index (κ2) is 5.27. The molecule has 0 fully saturated rings. The molecular weight excluding hydrogens is 322 g/mol. The van der Waals surface area contributed by atoms with Crippen LogP contribution in [-0.4, -0.2) is 9.97 Å². The smallest absolute Gasteiger partial charge is 0.112 e. The molecular formula is C14H12BrN3S. The van der Waals surface area contributed by atoms with Crippen molar-refractivity contribution in [3.05, 3.63) is 51.0 Å². The number of pyridine rings is 1. The van der Waals surface area contributed by atoms with Gasteiger partial charge < -0.3 is 5.32 Å². The quantitative estimate of drug-likeness (QED) is 0.773. The van der Waals surface area contributed by atoms with Crippen LogP contribution in [0.25, 0.3) is 10.9 Å². The van der Waals surface area contributed by atoms with E-state index >= 15 is 0 Å². The van der Waals surface area contributed by atoms with Gasteiger partial charge in [-0.1, -0.05) is 12.1 Å². The number of halogens is 1. The van der Waals surface area contributed by atoms with Gasteiger partial charge in [0, 0.05) is 27.1 Å².